The minimum atomic E-state index is -1.84. The molecule has 16 heteroatoms. The lowest BCUT2D eigenvalue weighted by Gasteiger charge is -2.23. The molecule has 0 heterocycles. The number of carboxylic acid groups (broad SMARTS) is 2. The average Bonchev–Trinajstić information content (AvgIpc) is 2.66. The zero-order valence-corrected chi connectivity index (χ0v) is 16.8. The molecular formula is C16H26N6O10. The van der Waals surface area contributed by atoms with Gasteiger partial charge in [0.15, 0.2) is 0 Å². The number of carboxylic acids is 2. The topological polar surface area (TPSA) is 294 Å². The molecule has 16 nitrogen and oxygen atoms in total. The Morgan fingerprint density at radius 1 is 0.719 bits per heavy atom. The van der Waals surface area contributed by atoms with Gasteiger partial charge < -0.3 is 48.5 Å². The van der Waals surface area contributed by atoms with Gasteiger partial charge in [-0.25, -0.2) is 4.79 Å². The summed E-state index contributed by atoms with van der Waals surface area (Å²) in [4.78, 5) is 80.4. The number of hydrogen-bond donors (Lipinski definition) is 9. The molecule has 0 aliphatic rings. The van der Waals surface area contributed by atoms with Gasteiger partial charge in [-0.05, 0) is 6.42 Å². The monoisotopic (exact) mass is 462 g/mol. The normalized spacial score (nSPS) is 14.2. The van der Waals surface area contributed by atoms with Gasteiger partial charge in [0.25, 0.3) is 0 Å². The van der Waals surface area contributed by atoms with Crippen LogP contribution in [0.15, 0.2) is 0 Å². The summed E-state index contributed by atoms with van der Waals surface area (Å²) in [6.45, 7) is -1.02. The van der Waals surface area contributed by atoms with Gasteiger partial charge in [0.05, 0.1) is 25.5 Å². The number of primary amides is 2. The van der Waals surface area contributed by atoms with Gasteiger partial charge in [-0.15, -0.1) is 0 Å². The van der Waals surface area contributed by atoms with Crippen molar-refractivity contribution < 1.29 is 48.9 Å². The quantitative estimate of drug-likeness (QED) is 0.110. The molecule has 0 fully saturated rings. The Morgan fingerprint density at radius 2 is 1.22 bits per heavy atom. The summed E-state index contributed by atoms with van der Waals surface area (Å²) in [6, 6.07) is -6.47. The van der Waals surface area contributed by atoms with Crippen molar-refractivity contribution in [1.82, 2.24) is 16.0 Å². The molecule has 4 atom stereocenters. The highest BCUT2D eigenvalue weighted by molar-refractivity contribution is 5.95. The van der Waals surface area contributed by atoms with Crippen LogP contribution >= 0.6 is 0 Å². The maximum absolute atomic E-state index is 12.5. The fraction of sp³-hybridized carbons (Fsp3) is 0.562. The highest BCUT2D eigenvalue weighted by Gasteiger charge is 2.31. The third-order valence-electron chi connectivity index (χ3n) is 3.88. The second-order valence-electron chi connectivity index (χ2n) is 6.58. The van der Waals surface area contributed by atoms with Gasteiger partial charge in [-0.2, -0.15) is 0 Å². The zero-order chi connectivity index (χ0) is 25.0. The molecule has 0 bridgehead atoms. The molecular weight excluding hydrogens is 436 g/mol. The zero-order valence-electron chi connectivity index (χ0n) is 16.8. The number of rotatable bonds is 15. The van der Waals surface area contributed by atoms with E-state index in [1.54, 1.807) is 0 Å². The third kappa shape index (κ3) is 10.8. The van der Waals surface area contributed by atoms with Gasteiger partial charge >= 0.3 is 11.9 Å². The van der Waals surface area contributed by atoms with Crippen LogP contribution in [0.5, 0.6) is 0 Å². The number of amides is 5. The highest BCUT2D eigenvalue weighted by Crippen LogP contribution is 2.01. The van der Waals surface area contributed by atoms with Gasteiger partial charge in [-0.3, -0.25) is 28.8 Å². The van der Waals surface area contributed by atoms with Crippen LogP contribution in [-0.2, 0) is 33.6 Å². The summed E-state index contributed by atoms with van der Waals surface area (Å²) in [5.41, 5.74) is 15.4. The molecule has 0 aliphatic heterocycles. The Morgan fingerprint density at radius 3 is 1.66 bits per heavy atom. The summed E-state index contributed by atoms with van der Waals surface area (Å²) in [6.07, 6.45) is -2.23. The average molecular weight is 462 g/mol. The third-order valence-corrected chi connectivity index (χ3v) is 3.88. The van der Waals surface area contributed by atoms with Crippen LogP contribution in [0, 0.1) is 0 Å². The second-order valence-corrected chi connectivity index (χ2v) is 6.58. The van der Waals surface area contributed by atoms with Gasteiger partial charge in [0.2, 0.25) is 29.5 Å². The van der Waals surface area contributed by atoms with E-state index < -0.39 is 85.1 Å². The van der Waals surface area contributed by atoms with Crippen molar-refractivity contribution in [3.63, 3.8) is 0 Å². The Kier molecular flexibility index (Phi) is 11.9. The van der Waals surface area contributed by atoms with Crippen LogP contribution in [0.3, 0.4) is 0 Å². The lowest BCUT2D eigenvalue weighted by Crippen LogP contribution is -2.58. The van der Waals surface area contributed by atoms with E-state index in [1.807, 2.05) is 10.6 Å². The first kappa shape index (κ1) is 28.2. The van der Waals surface area contributed by atoms with Crippen molar-refractivity contribution >= 4 is 41.5 Å². The van der Waals surface area contributed by atoms with Crippen molar-refractivity contribution in [3.8, 4) is 0 Å². The Balaban J connectivity index is 5.33. The maximum Gasteiger partial charge on any atom is 0.326 e. The Hall–Kier alpha value is -3.79. The molecule has 0 aromatic carbocycles. The highest BCUT2D eigenvalue weighted by atomic mass is 16.4. The van der Waals surface area contributed by atoms with E-state index in [4.69, 9.17) is 27.4 Å². The summed E-state index contributed by atoms with van der Waals surface area (Å²) in [7, 11) is 0. The van der Waals surface area contributed by atoms with Crippen molar-refractivity contribution in [2.45, 2.75) is 49.9 Å². The molecule has 32 heavy (non-hydrogen) atoms. The number of aliphatic carboxylic acids is 2. The number of aliphatic hydroxyl groups excluding tert-OH is 1. The first-order valence-electron chi connectivity index (χ1n) is 9.07. The summed E-state index contributed by atoms with van der Waals surface area (Å²) in [5.74, 6) is -8.19. The molecule has 0 rings (SSSR count). The number of carbonyl (C=O) groups excluding carboxylic acids is 5. The fourth-order valence-corrected chi connectivity index (χ4v) is 2.26. The molecule has 180 valence electrons. The number of hydrogen-bond acceptors (Lipinski definition) is 9. The van der Waals surface area contributed by atoms with Crippen LogP contribution in [0.2, 0.25) is 0 Å². The molecule has 12 N–H and O–H groups in total. The smallest absolute Gasteiger partial charge is 0.326 e. The van der Waals surface area contributed by atoms with Gasteiger partial charge in [0.1, 0.15) is 18.1 Å². The molecule has 0 aromatic rings. The van der Waals surface area contributed by atoms with E-state index in [9.17, 15) is 38.7 Å². The predicted octanol–water partition coefficient (Wildman–Crippen LogP) is -5.54. The van der Waals surface area contributed by atoms with Crippen molar-refractivity contribution in [1.29, 1.82) is 0 Å². The molecule has 0 spiro atoms. The Bertz CT molecular complexity index is 758. The SMILES string of the molecule is NC(=O)CCC(NC(=O)C(N)CC(N)=O)C(=O)NC(CO)C(=O)NC(CC(=O)O)C(=O)O. The van der Waals surface area contributed by atoms with Crippen molar-refractivity contribution in [3.05, 3.63) is 0 Å². The lowest BCUT2D eigenvalue weighted by molar-refractivity contribution is -0.147. The van der Waals surface area contributed by atoms with E-state index >= 15 is 0 Å². The number of carbonyl (C=O) groups is 7. The van der Waals surface area contributed by atoms with Crippen molar-refractivity contribution in [2.75, 3.05) is 6.61 Å². The first-order valence-corrected chi connectivity index (χ1v) is 9.07. The number of nitrogens with two attached hydrogens (primary N) is 3. The number of nitrogens with one attached hydrogen (secondary N) is 3. The molecule has 0 saturated heterocycles. The standard InChI is InChI=1S/C16H26N6O10/c17-6(3-11(19)25)13(28)20-7(1-2-10(18)24)14(29)22-9(5-23)15(30)21-8(16(31)32)4-12(26)27/h6-9,23H,1-5,17H2,(H2,18,24)(H2,19,25)(H,20,28)(H,21,30)(H,22,29)(H,26,27)(H,31,32). The van der Waals surface area contributed by atoms with Crippen LogP contribution < -0.4 is 33.2 Å². The van der Waals surface area contributed by atoms with Gasteiger partial charge in [0, 0.05) is 6.42 Å². The van der Waals surface area contributed by atoms with E-state index in [-0.39, 0.29) is 12.8 Å². The van der Waals surface area contributed by atoms with Gasteiger partial charge in [-0.1, -0.05) is 0 Å². The number of aliphatic hydroxyl groups is 1. The largest absolute Gasteiger partial charge is 0.481 e. The summed E-state index contributed by atoms with van der Waals surface area (Å²) >= 11 is 0. The fourth-order valence-electron chi connectivity index (χ4n) is 2.26. The van der Waals surface area contributed by atoms with Crippen LogP contribution in [-0.4, -0.2) is 87.6 Å². The molecule has 5 amide bonds. The summed E-state index contributed by atoms with van der Waals surface area (Å²) in [5, 5.41) is 33.1. The maximum atomic E-state index is 12.5. The second kappa shape index (κ2) is 13.5. The molecule has 0 saturated carbocycles. The first-order chi connectivity index (χ1) is 14.8. The molecule has 0 radical (unpaired) electrons. The Labute approximate surface area is 180 Å². The van der Waals surface area contributed by atoms with Crippen LogP contribution in [0.4, 0.5) is 0 Å². The molecule has 4 unspecified atom stereocenters. The van der Waals surface area contributed by atoms with Crippen LogP contribution in [0.1, 0.15) is 25.7 Å². The minimum Gasteiger partial charge on any atom is -0.481 e. The predicted molar refractivity (Wildman–Crippen MR) is 103 cm³/mol. The van der Waals surface area contributed by atoms with Crippen molar-refractivity contribution in [2.24, 2.45) is 17.2 Å². The lowest BCUT2D eigenvalue weighted by atomic mass is 10.1. The van der Waals surface area contributed by atoms with E-state index in [1.165, 1.54) is 0 Å². The molecule has 0 aliphatic carbocycles. The van der Waals surface area contributed by atoms with Crippen LogP contribution in [0.25, 0.3) is 0 Å². The summed E-state index contributed by atoms with van der Waals surface area (Å²) < 4.78 is 0. The molecule has 0 aromatic heterocycles. The minimum absolute atomic E-state index is 0.341. The van der Waals surface area contributed by atoms with E-state index in [2.05, 4.69) is 5.32 Å². The van der Waals surface area contributed by atoms with E-state index in [0.717, 1.165) is 0 Å². The van der Waals surface area contributed by atoms with E-state index in [0.29, 0.717) is 0 Å².